The minimum Gasteiger partial charge on any atom is -1.00 e. The smallest absolute Gasteiger partial charge is 0.224 e. The van der Waals surface area contributed by atoms with Crippen molar-refractivity contribution in [2.24, 2.45) is 5.92 Å². The molecule has 3 aromatic rings. The van der Waals surface area contributed by atoms with E-state index in [2.05, 4.69) is 45.5 Å². The second kappa shape index (κ2) is 10.9. The molecule has 0 bridgehead atoms. The van der Waals surface area contributed by atoms with Gasteiger partial charge in [-0.2, -0.15) is 0 Å². The van der Waals surface area contributed by atoms with Gasteiger partial charge in [0.1, 0.15) is 6.54 Å². The third-order valence-electron chi connectivity index (χ3n) is 6.26. The van der Waals surface area contributed by atoms with E-state index in [0.717, 1.165) is 29.5 Å². The van der Waals surface area contributed by atoms with Crippen molar-refractivity contribution in [1.29, 1.82) is 0 Å². The Bertz CT molecular complexity index is 970. The summed E-state index contributed by atoms with van der Waals surface area (Å²) in [5.74, 6) is 0.166. The molecule has 1 aliphatic rings. The molecular formula is C25H26BrClN2O2. The lowest BCUT2D eigenvalue weighted by Gasteiger charge is -2.47. The number of rotatable bonds is 8. The van der Waals surface area contributed by atoms with Gasteiger partial charge < -0.3 is 17.7 Å². The molecule has 1 aliphatic carbocycles. The first-order valence-electron chi connectivity index (χ1n) is 10.4. The molecule has 0 unspecified atom stereocenters. The van der Waals surface area contributed by atoms with Crippen molar-refractivity contribution in [2.75, 3.05) is 6.54 Å². The van der Waals surface area contributed by atoms with Crippen LogP contribution >= 0.6 is 15.9 Å². The summed E-state index contributed by atoms with van der Waals surface area (Å²) >= 11 is 3.46. The molecule has 31 heavy (non-hydrogen) atoms. The normalized spacial score (nSPS) is 22.2. The van der Waals surface area contributed by atoms with Gasteiger partial charge in [0.2, 0.25) is 6.04 Å². The summed E-state index contributed by atoms with van der Waals surface area (Å²) in [7, 11) is 0. The molecule has 1 saturated carbocycles. The monoisotopic (exact) mass is 500 g/mol. The van der Waals surface area contributed by atoms with Gasteiger partial charge in [0.15, 0.2) is 0 Å². The minimum absolute atomic E-state index is 0. The third-order valence-corrected chi connectivity index (χ3v) is 6.79. The van der Waals surface area contributed by atoms with Crippen LogP contribution < -0.4 is 17.7 Å². The highest BCUT2D eigenvalue weighted by Gasteiger charge is 2.58. The van der Waals surface area contributed by atoms with Gasteiger partial charge in [-0.15, -0.1) is 0 Å². The lowest BCUT2D eigenvalue weighted by atomic mass is 9.55. The van der Waals surface area contributed by atoms with E-state index in [4.69, 9.17) is 0 Å². The standard InChI is InChI=1S/C25H25BrN2O2.ClH/c26-21-13-11-18(12-14-21)17-27-16-15-22-23(19-7-3-1-4-8-19)24(25(22)28(29)30)20-9-5-2-6-10-20;/h1-14,22-25,27H,15-17H2;1H/t22-,23-,24+,25+;/m1./s1. The molecular weight excluding hydrogens is 476 g/mol. The summed E-state index contributed by atoms with van der Waals surface area (Å²) in [5, 5.41) is 14.3. The molecule has 0 amide bonds. The third kappa shape index (κ3) is 5.35. The number of benzene rings is 3. The average molecular weight is 502 g/mol. The second-order valence-corrected chi connectivity index (χ2v) is 8.93. The number of nitrogens with two attached hydrogens (primary N) is 1. The van der Waals surface area contributed by atoms with Crippen LogP contribution in [0.25, 0.3) is 0 Å². The molecule has 0 aromatic heterocycles. The van der Waals surface area contributed by atoms with Crippen LogP contribution in [-0.4, -0.2) is 17.5 Å². The van der Waals surface area contributed by atoms with Gasteiger partial charge in [-0.25, -0.2) is 0 Å². The summed E-state index contributed by atoms with van der Waals surface area (Å²) in [5.41, 5.74) is 3.55. The van der Waals surface area contributed by atoms with Crippen LogP contribution in [0.2, 0.25) is 0 Å². The molecule has 0 heterocycles. The molecule has 2 N–H and O–H groups in total. The van der Waals surface area contributed by atoms with Crippen LogP contribution in [0, 0.1) is 16.0 Å². The Balaban J connectivity index is 0.00000272. The first-order valence-corrected chi connectivity index (χ1v) is 11.2. The maximum atomic E-state index is 12.0. The van der Waals surface area contributed by atoms with Crippen molar-refractivity contribution in [3.63, 3.8) is 0 Å². The minimum atomic E-state index is -0.529. The highest BCUT2D eigenvalue weighted by molar-refractivity contribution is 9.10. The van der Waals surface area contributed by atoms with Crippen LogP contribution in [0.4, 0.5) is 0 Å². The van der Waals surface area contributed by atoms with Crippen LogP contribution in [-0.2, 0) is 6.54 Å². The first-order chi connectivity index (χ1) is 14.6. The molecule has 6 heteroatoms. The molecule has 4 nitrogen and oxygen atoms in total. The van der Waals surface area contributed by atoms with Gasteiger partial charge in [-0.05, 0) is 23.3 Å². The van der Waals surface area contributed by atoms with E-state index in [-0.39, 0.29) is 35.1 Å². The molecule has 0 radical (unpaired) electrons. The largest absolute Gasteiger partial charge is 1.00 e. The number of hydrogen-bond donors (Lipinski definition) is 1. The Morgan fingerprint density at radius 1 is 0.839 bits per heavy atom. The Labute approximate surface area is 197 Å². The van der Waals surface area contributed by atoms with Gasteiger partial charge in [0.05, 0.1) is 12.5 Å². The summed E-state index contributed by atoms with van der Waals surface area (Å²) in [6, 6.07) is 28.1. The van der Waals surface area contributed by atoms with Crippen molar-refractivity contribution in [3.05, 3.63) is 116 Å². The van der Waals surface area contributed by atoms with E-state index < -0.39 is 6.04 Å². The predicted molar refractivity (Wildman–Crippen MR) is 122 cm³/mol. The van der Waals surface area contributed by atoms with Gasteiger partial charge >= 0.3 is 0 Å². The average Bonchev–Trinajstić information content (AvgIpc) is 2.75. The molecule has 1 fully saturated rings. The molecule has 3 aromatic carbocycles. The second-order valence-electron chi connectivity index (χ2n) is 8.01. The van der Waals surface area contributed by atoms with Crippen LogP contribution in [0.3, 0.4) is 0 Å². The van der Waals surface area contributed by atoms with Gasteiger partial charge in [-0.3, -0.25) is 10.1 Å². The maximum absolute atomic E-state index is 12.0. The topological polar surface area (TPSA) is 59.8 Å². The quantitative estimate of drug-likeness (QED) is 0.290. The fourth-order valence-electron chi connectivity index (χ4n) is 4.86. The summed E-state index contributed by atoms with van der Waals surface area (Å²) < 4.78 is 1.08. The summed E-state index contributed by atoms with van der Waals surface area (Å²) in [6.45, 7) is 1.77. The fourth-order valence-corrected chi connectivity index (χ4v) is 5.12. The lowest BCUT2D eigenvalue weighted by molar-refractivity contribution is -0.673. The lowest BCUT2D eigenvalue weighted by Crippen LogP contribution is -3.00. The van der Waals surface area contributed by atoms with Crippen LogP contribution in [0.1, 0.15) is 34.9 Å². The van der Waals surface area contributed by atoms with E-state index in [0.29, 0.717) is 0 Å². The van der Waals surface area contributed by atoms with E-state index >= 15 is 0 Å². The van der Waals surface area contributed by atoms with Gasteiger partial charge in [0.25, 0.3) is 0 Å². The number of nitro groups is 1. The van der Waals surface area contributed by atoms with E-state index in [1.54, 1.807) is 0 Å². The highest BCUT2D eigenvalue weighted by Crippen LogP contribution is 2.55. The molecule has 0 saturated heterocycles. The highest BCUT2D eigenvalue weighted by atomic mass is 79.9. The number of nitrogens with zero attached hydrogens (tertiary/aromatic N) is 1. The predicted octanol–water partition coefficient (Wildman–Crippen LogP) is 1.75. The zero-order valence-electron chi connectivity index (χ0n) is 17.1. The molecule has 4 rings (SSSR count). The van der Waals surface area contributed by atoms with Gasteiger partial charge in [-0.1, -0.05) is 88.7 Å². The van der Waals surface area contributed by atoms with Crippen molar-refractivity contribution in [1.82, 2.24) is 0 Å². The van der Waals surface area contributed by atoms with Crippen molar-refractivity contribution < 1.29 is 22.6 Å². The van der Waals surface area contributed by atoms with Gasteiger partial charge in [0, 0.05) is 33.2 Å². The van der Waals surface area contributed by atoms with E-state index in [1.165, 1.54) is 11.1 Å². The summed E-state index contributed by atoms with van der Waals surface area (Å²) in [4.78, 5) is 12.0. The van der Waals surface area contributed by atoms with E-state index in [9.17, 15) is 10.1 Å². The van der Waals surface area contributed by atoms with E-state index in [1.807, 2.05) is 60.7 Å². The number of hydrogen-bond acceptors (Lipinski definition) is 2. The van der Waals surface area contributed by atoms with Crippen LogP contribution in [0.15, 0.2) is 89.4 Å². The Morgan fingerprint density at radius 3 is 1.94 bits per heavy atom. The van der Waals surface area contributed by atoms with Crippen molar-refractivity contribution >= 4 is 15.9 Å². The fraction of sp³-hybridized carbons (Fsp3) is 0.280. The Morgan fingerprint density at radius 2 is 1.39 bits per heavy atom. The molecule has 0 aliphatic heterocycles. The maximum Gasteiger partial charge on any atom is 0.224 e. The number of quaternary nitrogens is 1. The van der Waals surface area contributed by atoms with Crippen molar-refractivity contribution in [2.45, 2.75) is 30.8 Å². The molecule has 162 valence electrons. The molecule has 4 atom stereocenters. The number of halogens is 2. The zero-order valence-corrected chi connectivity index (χ0v) is 19.5. The van der Waals surface area contributed by atoms with Crippen molar-refractivity contribution in [3.8, 4) is 0 Å². The first kappa shape index (κ1) is 23.5. The Hall–Kier alpha value is -2.21. The SMILES string of the molecule is O=[N+]([O-])[C@H]1[C@H](CC[NH2+]Cc2ccc(Br)cc2)[C@@H](c2ccccc2)[C@@H]1c1ccccc1.[Cl-]. The Kier molecular flexibility index (Phi) is 8.24. The van der Waals surface area contributed by atoms with Crippen LogP contribution in [0.5, 0.6) is 0 Å². The zero-order chi connectivity index (χ0) is 20.9. The summed E-state index contributed by atoms with van der Waals surface area (Å²) in [6.07, 6.45) is 0.838. The molecule has 0 spiro atoms.